The van der Waals surface area contributed by atoms with Crippen LogP contribution in [0.1, 0.15) is 17.2 Å². The summed E-state index contributed by atoms with van der Waals surface area (Å²) < 4.78 is 14.8. The van der Waals surface area contributed by atoms with Gasteiger partial charge in [-0.15, -0.1) is 0 Å². The molecule has 0 radical (unpaired) electrons. The van der Waals surface area contributed by atoms with Crippen LogP contribution in [-0.2, 0) is 4.79 Å². The fraction of sp³-hybridized carbons (Fsp3) is 0.133. The van der Waals surface area contributed by atoms with Gasteiger partial charge >= 0.3 is 0 Å². The normalized spacial score (nSPS) is 11.9. The van der Waals surface area contributed by atoms with Gasteiger partial charge in [-0.1, -0.05) is 39.7 Å². The molecule has 2 rings (SSSR count). The molecule has 1 amide bonds. The minimum absolute atomic E-state index is 0.248. The standard InChI is InChI=1S/C15H14BrFN2O/c1-9-5-6-13(17)12(7-9)14(15(18)20)19-11-4-2-3-10(16)8-11/h2-8,14,19H,1H3,(H2,18,20). The lowest BCUT2D eigenvalue weighted by molar-refractivity contribution is -0.118. The maximum atomic E-state index is 13.9. The Labute approximate surface area is 125 Å². The zero-order chi connectivity index (χ0) is 14.7. The number of aryl methyl sites for hydroxylation is 1. The predicted molar refractivity (Wildman–Crippen MR) is 80.8 cm³/mol. The molecular formula is C15H14BrFN2O. The Morgan fingerprint density at radius 1 is 1.30 bits per heavy atom. The number of hydrogen-bond donors (Lipinski definition) is 2. The molecule has 0 aromatic heterocycles. The molecule has 1 atom stereocenters. The topological polar surface area (TPSA) is 55.1 Å². The summed E-state index contributed by atoms with van der Waals surface area (Å²) in [7, 11) is 0. The van der Waals surface area contributed by atoms with Crippen molar-refractivity contribution in [3.8, 4) is 0 Å². The van der Waals surface area contributed by atoms with Crippen molar-refractivity contribution in [1.82, 2.24) is 0 Å². The zero-order valence-corrected chi connectivity index (χ0v) is 12.4. The summed E-state index contributed by atoms with van der Waals surface area (Å²) in [6.07, 6.45) is 0. The summed E-state index contributed by atoms with van der Waals surface area (Å²) in [5.41, 5.74) is 7.19. The van der Waals surface area contributed by atoms with E-state index < -0.39 is 17.8 Å². The van der Waals surface area contributed by atoms with E-state index in [1.54, 1.807) is 24.3 Å². The fourth-order valence-electron chi connectivity index (χ4n) is 1.93. The molecule has 0 fully saturated rings. The van der Waals surface area contributed by atoms with E-state index in [1.165, 1.54) is 6.07 Å². The van der Waals surface area contributed by atoms with E-state index >= 15 is 0 Å². The van der Waals surface area contributed by atoms with Crippen LogP contribution in [0.15, 0.2) is 46.9 Å². The molecule has 0 aliphatic rings. The van der Waals surface area contributed by atoms with Crippen molar-refractivity contribution in [1.29, 1.82) is 0 Å². The molecule has 0 aliphatic heterocycles. The average Bonchev–Trinajstić information content (AvgIpc) is 2.39. The third-order valence-electron chi connectivity index (χ3n) is 2.88. The molecule has 1 unspecified atom stereocenters. The van der Waals surface area contributed by atoms with Gasteiger partial charge in [0.25, 0.3) is 0 Å². The van der Waals surface area contributed by atoms with Crippen LogP contribution < -0.4 is 11.1 Å². The number of carbonyl (C=O) groups is 1. The van der Waals surface area contributed by atoms with Gasteiger partial charge in [-0.25, -0.2) is 4.39 Å². The van der Waals surface area contributed by atoms with Crippen LogP contribution in [0.2, 0.25) is 0 Å². The SMILES string of the molecule is Cc1ccc(F)c(C(Nc2cccc(Br)c2)C(N)=O)c1. The number of rotatable bonds is 4. The van der Waals surface area contributed by atoms with Gasteiger partial charge in [0.15, 0.2) is 0 Å². The van der Waals surface area contributed by atoms with Crippen LogP contribution >= 0.6 is 15.9 Å². The van der Waals surface area contributed by atoms with Crippen molar-refractivity contribution < 1.29 is 9.18 Å². The summed E-state index contributed by atoms with van der Waals surface area (Å²) in [5.74, 6) is -1.09. The highest BCUT2D eigenvalue weighted by molar-refractivity contribution is 9.10. The van der Waals surface area contributed by atoms with Crippen LogP contribution in [0.5, 0.6) is 0 Å². The van der Waals surface area contributed by atoms with Gasteiger partial charge in [0, 0.05) is 15.7 Å². The van der Waals surface area contributed by atoms with Gasteiger partial charge < -0.3 is 11.1 Å². The van der Waals surface area contributed by atoms with Gasteiger partial charge in [0.05, 0.1) is 0 Å². The summed E-state index contributed by atoms with van der Waals surface area (Å²) in [6.45, 7) is 1.83. The van der Waals surface area contributed by atoms with Crippen LogP contribution in [-0.4, -0.2) is 5.91 Å². The summed E-state index contributed by atoms with van der Waals surface area (Å²) >= 11 is 3.34. The van der Waals surface area contributed by atoms with E-state index in [0.717, 1.165) is 10.0 Å². The third-order valence-corrected chi connectivity index (χ3v) is 3.38. The van der Waals surface area contributed by atoms with Crippen molar-refractivity contribution in [2.75, 3.05) is 5.32 Å². The molecule has 0 heterocycles. The number of halogens is 2. The van der Waals surface area contributed by atoms with Crippen molar-refractivity contribution >= 4 is 27.5 Å². The highest BCUT2D eigenvalue weighted by atomic mass is 79.9. The second-order valence-corrected chi connectivity index (χ2v) is 5.43. The molecule has 0 saturated heterocycles. The van der Waals surface area contributed by atoms with Gasteiger partial charge in [-0.05, 0) is 31.2 Å². The molecular weight excluding hydrogens is 323 g/mol. The van der Waals surface area contributed by atoms with E-state index in [-0.39, 0.29) is 5.56 Å². The Morgan fingerprint density at radius 2 is 2.05 bits per heavy atom. The first-order chi connectivity index (χ1) is 9.47. The van der Waals surface area contributed by atoms with E-state index in [4.69, 9.17) is 5.73 Å². The molecule has 20 heavy (non-hydrogen) atoms. The Morgan fingerprint density at radius 3 is 2.70 bits per heavy atom. The number of hydrogen-bond acceptors (Lipinski definition) is 2. The van der Waals surface area contributed by atoms with Crippen LogP contribution in [0, 0.1) is 12.7 Å². The lowest BCUT2D eigenvalue weighted by Crippen LogP contribution is -2.28. The molecule has 2 aromatic rings. The molecule has 3 nitrogen and oxygen atoms in total. The van der Waals surface area contributed by atoms with Crippen LogP contribution in [0.4, 0.5) is 10.1 Å². The van der Waals surface area contributed by atoms with E-state index in [0.29, 0.717) is 5.69 Å². The molecule has 0 bridgehead atoms. The molecule has 0 spiro atoms. The number of primary amides is 1. The largest absolute Gasteiger partial charge is 0.370 e. The van der Waals surface area contributed by atoms with Crippen molar-refractivity contribution in [2.24, 2.45) is 5.73 Å². The molecule has 2 aromatic carbocycles. The predicted octanol–water partition coefficient (Wildman–Crippen LogP) is 3.54. The molecule has 0 saturated carbocycles. The maximum Gasteiger partial charge on any atom is 0.244 e. The first-order valence-corrected chi connectivity index (χ1v) is 6.84. The summed E-state index contributed by atoms with van der Waals surface area (Å²) in [6, 6.07) is 11.0. The smallest absolute Gasteiger partial charge is 0.244 e. The number of nitrogens with two attached hydrogens (primary N) is 1. The minimum Gasteiger partial charge on any atom is -0.370 e. The lowest BCUT2D eigenvalue weighted by Gasteiger charge is -2.18. The number of anilines is 1. The Hall–Kier alpha value is -1.88. The molecule has 3 N–H and O–H groups in total. The lowest BCUT2D eigenvalue weighted by atomic mass is 10.0. The Kier molecular flexibility index (Phi) is 4.39. The Balaban J connectivity index is 2.37. The van der Waals surface area contributed by atoms with Crippen LogP contribution in [0.3, 0.4) is 0 Å². The molecule has 5 heteroatoms. The van der Waals surface area contributed by atoms with E-state index in [1.807, 2.05) is 19.1 Å². The second kappa shape index (κ2) is 6.05. The van der Waals surface area contributed by atoms with Crippen molar-refractivity contribution in [2.45, 2.75) is 13.0 Å². The highest BCUT2D eigenvalue weighted by Crippen LogP contribution is 2.24. The van der Waals surface area contributed by atoms with Gasteiger partial charge in [0.1, 0.15) is 11.9 Å². The molecule has 104 valence electrons. The fourth-order valence-corrected chi connectivity index (χ4v) is 2.33. The zero-order valence-electron chi connectivity index (χ0n) is 10.9. The van der Waals surface area contributed by atoms with Gasteiger partial charge in [-0.3, -0.25) is 4.79 Å². The third kappa shape index (κ3) is 3.36. The number of nitrogens with one attached hydrogen (secondary N) is 1. The van der Waals surface area contributed by atoms with Gasteiger partial charge in [0.2, 0.25) is 5.91 Å². The number of amides is 1. The summed E-state index contributed by atoms with van der Waals surface area (Å²) in [5, 5.41) is 2.96. The van der Waals surface area contributed by atoms with Crippen molar-refractivity contribution in [3.63, 3.8) is 0 Å². The maximum absolute atomic E-state index is 13.9. The Bertz CT molecular complexity index is 646. The highest BCUT2D eigenvalue weighted by Gasteiger charge is 2.21. The average molecular weight is 337 g/mol. The monoisotopic (exact) mass is 336 g/mol. The van der Waals surface area contributed by atoms with E-state index in [2.05, 4.69) is 21.2 Å². The van der Waals surface area contributed by atoms with Gasteiger partial charge in [-0.2, -0.15) is 0 Å². The quantitative estimate of drug-likeness (QED) is 0.897. The second-order valence-electron chi connectivity index (χ2n) is 4.52. The van der Waals surface area contributed by atoms with Crippen LogP contribution in [0.25, 0.3) is 0 Å². The number of carbonyl (C=O) groups excluding carboxylic acids is 1. The minimum atomic E-state index is -0.913. The first-order valence-electron chi connectivity index (χ1n) is 6.05. The van der Waals surface area contributed by atoms with E-state index in [9.17, 15) is 9.18 Å². The molecule has 0 aliphatic carbocycles. The first kappa shape index (κ1) is 14.5. The van der Waals surface area contributed by atoms with Crippen molar-refractivity contribution in [3.05, 3.63) is 63.9 Å². The summed E-state index contributed by atoms with van der Waals surface area (Å²) in [4.78, 5) is 11.6. The number of benzene rings is 2.